The Morgan fingerprint density at radius 3 is 2.58 bits per heavy atom. The average molecular weight is 524 g/mol. The van der Waals surface area contributed by atoms with Crippen molar-refractivity contribution in [2.75, 3.05) is 13.2 Å². The Kier molecular flexibility index (Phi) is 6.46. The fourth-order valence-electron chi connectivity index (χ4n) is 3.93. The van der Waals surface area contributed by atoms with E-state index < -0.39 is 35.5 Å². The number of amides is 1. The van der Waals surface area contributed by atoms with E-state index in [9.17, 15) is 27.9 Å². The lowest BCUT2D eigenvalue weighted by Crippen LogP contribution is -2.44. The number of nitrogens with zero attached hydrogens (tertiary/aromatic N) is 5. The average Bonchev–Trinajstić information content (AvgIpc) is 3.32. The van der Waals surface area contributed by atoms with E-state index in [1.165, 1.54) is 30.7 Å². The summed E-state index contributed by atoms with van der Waals surface area (Å²) in [6, 6.07) is 5.96. The van der Waals surface area contributed by atoms with Gasteiger partial charge in [0.2, 0.25) is 0 Å². The predicted octanol–water partition coefficient (Wildman–Crippen LogP) is 2.28. The maximum atomic E-state index is 13.7. The van der Waals surface area contributed by atoms with Crippen LogP contribution < -0.4 is 10.9 Å². The number of carbonyl (C=O) groups is 1. The van der Waals surface area contributed by atoms with Gasteiger partial charge in [-0.1, -0.05) is 6.58 Å². The molecular weight excluding hydrogens is 505 g/mol. The summed E-state index contributed by atoms with van der Waals surface area (Å²) in [6.45, 7) is 3.95. The van der Waals surface area contributed by atoms with Gasteiger partial charge in [0, 0.05) is 29.7 Å². The molecule has 4 aromatic heterocycles. The smallest absolute Gasteiger partial charge is 0.388 e. The van der Waals surface area contributed by atoms with Crippen LogP contribution in [0.3, 0.4) is 0 Å². The molecule has 0 unspecified atom stereocenters. The number of pyridine rings is 3. The van der Waals surface area contributed by atoms with Crippen LogP contribution in [0.1, 0.15) is 5.69 Å². The van der Waals surface area contributed by atoms with Crippen molar-refractivity contribution in [3.05, 3.63) is 77.7 Å². The van der Waals surface area contributed by atoms with Crippen LogP contribution in [-0.2, 0) is 15.7 Å². The molecule has 13 heteroatoms. The summed E-state index contributed by atoms with van der Waals surface area (Å²) in [5.74, 6) is -0.654. The van der Waals surface area contributed by atoms with Crippen LogP contribution in [0.2, 0.25) is 0 Å². The van der Waals surface area contributed by atoms with Crippen LogP contribution in [0.5, 0.6) is 0 Å². The Morgan fingerprint density at radius 2 is 1.95 bits per heavy atom. The molecule has 5 rings (SSSR count). The Balaban J connectivity index is 1.61. The molecule has 10 nitrogen and oxygen atoms in total. The highest BCUT2D eigenvalue weighted by atomic mass is 19.4. The van der Waals surface area contributed by atoms with E-state index >= 15 is 0 Å². The molecule has 194 valence electrons. The van der Waals surface area contributed by atoms with E-state index in [0.717, 1.165) is 16.8 Å². The fourth-order valence-corrected chi connectivity index (χ4v) is 3.93. The summed E-state index contributed by atoms with van der Waals surface area (Å²) < 4.78 is 44.9. The number of hydrogen-bond acceptors (Lipinski definition) is 8. The SMILES string of the molecule is C=C(C(=O)N[C@@H]1COC[C@H]1O)n1c(-c2cccnc2)nc2cnc(-c3ccc(C(F)(F)F)nc3)cc2c1=O. The molecular formula is C25H19F3N6O4. The molecule has 2 atom stereocenters. The quantitative estimate of drug-likeness (QED) is 0.380. The summed E-state index contributed by atoms with van der Waals surface area (Å²) in [6.07, 6.45) is -0.210. The van der Waals surface area contributed by atoms with E-state index in [-0.39, 0.29) is 46.9 Å². The molecule has 1 aliphatic heterocycles. The van der Waals surface area contributed by atoms with Crippen LogP contribution in [0.4, 0.5) is 13.2 Å². The number of aliphatic hydroxyl groups excluding tert-OH is 1. The van der Waals surface area contributed by atoms with E-state index in [1.807, 2.05) is 0 Å². The van der Waals surface area contributed by atoms with Gasteiger partial charge in [0.15, 0.2) is 0 Å². The second kappa shape index (κ2) is 9.76. The lowest BCUT2D eigenvalue weighted by molar-refractivity contribution is -0.141. The Hall–Kier alpha value is -4.49. The van der Waals surface area contributed by atoms with Crippen LogP contribution in [0, 0.1) is 0 Å². The number of ether oxygens (including phenoxy) is 1. The third-order valence-electron chi connectivity index (χ3n) is 5.92. The fraction of sp³-hybridized carbons (Fsp3) is 0.200. The summed E-state index contributed by atoms with van der Waals surface area (Å²) in [5.41, 5.74) is -0.972. The van der Waals surface area contributed by atoms with Crippen molar-refractivity contribution in [2.45, 2.75) is 18.3 Å². The lowest BCUT2D eigenvalue weighted by atomic mass is 10.1. The number of halogens is 3. The minimum absolute atomic E-state index is 0.0423. The Morgan fingerprint density at radius 1 is 1.13 bits per heavy atom. The molecule has 1 fully saturated rings. The van der Waals surface area contributed by atoms with Gasteiger partial charge in [0.1, 0.15) is 17.2 Å². The lowest BCUT2D eigenvalue weighted by Gasteiger charge is -2.19. The maximum absolute atomic E-state index is 13.7. The summed E-state index contributed by atoms with van der Waals surface area (Å²) in [5, 5.41) is 12.6. The molecule has 0 aliphatic carbocycles. The molecule has 0 bridgehead atoms. The molecule has 0 aromatic carbocycles. The van der Waals surface area contributed by atoms with Crippen LogP contribution in [0.25, 0.3) is 39.2 Å². The van der Waals surface area contributed by atoms with Gasteiger partial charge in [-0.25, -0.2) is 4.98 Å². The van der Waals surface area contributed by atoms with E-state index in [2.05, 4.69) is 31.8 Å². The molecule has 1 saturated heterocycles. The third kappa shape index (κ3) is 4.76. The molecule has 1 aliphatic rings. The second-order valence-electron chi connectivity index (χ2n) is 8.47. The van der Waals surface area contributed by atoms with Crippen LogP contribution in [-0.4, -0.2) is 60.9 Å². The van der Waals surface area contributed by atoms with Crippen molar-refractivity contribution in [1.29, 1.82) is 0 Å². The molecule has 0 saturated carbocycles. The molecule has 0 radical (unpaired) electrons. The highest BCUT2D eigenvalue weighted by Gasteiger charge is 2.32. The van der Waals surface area contributed by atoms with Gasteiger partial charge >= 0.3 is 6.18 Å². The van der Waals surface area contributed by atoms with Gasteiger partial charge in [-0.15, -0.1) is 0 Å². The van der Waals surface area contributed by atoms with Crippen LogP contribution >= 0.6 is 0 Å². The molecule has 4 aromatic rings. The molecule has 38 heavy (non-hydrogen) atoms. The maximum Gasteiger partial charge on any atom is 0.433 e. The Labute approximate surface area is 212 Å². The molecule has 5 heterocycles. The normalized spacial score (nSPS) is 17.5. The molecule has 1 amide bonds. The first-order valence-electron chi connectivity index (χ1n) is 11.3. The zero-order valence-corrected chi connectivity index (χ0v) is 19.5. The van der Waals surface area contributed by atoms with E-state index in [0.29, 0.717) is 5.56 Å². The first-order valence-corrected chi connectivity index (χ1v) is 11.3. The third-order valence-corrected chi connectivity index (χ3v) is 5.92. The summed E-state index contributed by atoms with van der Waals surface area (Å²) >= 11 is 0. The van der Waals surface area contributed by atoms with Gasteiger partial charge in [0.05, 0.1) is 48.2 Å². The van der Waals surface area contributed by atoms with Crippen molar-refractivity contribution in [1.82, 2.24) is 29.8 Å². The van der Waals surface area contributed by atoms with Gasteiger partial charge in [-0.05, 0) is 30.3 Å². The number of fused-ring (bicyclic) bond motifs is 1. The summed E-state index contributed by atoms with van der Waals surface area (Å²) in [7, 11) is 0. The number of aromatic nitrogens is 5. The zero-order chi connectivity index (χ0) is 27.0. The topological polar surface area (TPSA) is 132 Å². The monoisotopic (exact) mass is 524 g/mol. The highest BCUT2D eigenvalue weighted by Crippen LogP contribution is 2.29. The first-order chi connectivity index (χ1) is 18.1. The zero-order valence-electron chi connectivity index (χ0n) is 19.5. The highest BCUT2D eigenvalue weighted by molar-refractivity contribution is 6.13. The Bertz CT molecular complexity index is 1590. The molecule has 0 spiro atoms. The van der Waals surface area contributed by atoms with Crippen LogP contribution in [0.15, 0.2) is 66.5 Å². The number of aliphatic hydroxyl groups is 1. The predicted molar refractivity (Wildman–Crippen MR) is 129 cm³/mol. The van der Waals surface area contributed by atoms with Crippen molar-refractivity contribution < 1.29 is 27.8 Å². The van der Waals surface area contributed by atoms with Gasteiger partial charge in [0.25, 0.3) is 11.5 Å². The first kappa shape index (κ1) is 25.2. The van der Waals surface area contributed by atoms with Gasteiger partial charge < -0.3 is 15.2 Å². The minimum Gasteiger partial charge on any atom is -0.388 e. The largest absolute Gasteiger partial charge is 0.433 e. The second-order valence-corrected chi connectivity index (χ2v) is 8.47. The van der Waals surface area contributed by atoms with E-state index in [1.54, 1.807) is 12.1 Å². The van der Waals surface area contributed by atoms with E-state index in [4.69, 9.17) is 4.74 Å². The number of hydrogen-bond donors (Lipinski definition) is 2. The van der Waals surface area contributed by atoms with Gasteiger partial charge in [-0.2, -0.15) is 13.2 Å². The minimum atomic E-state index is -4.60. The van der Waals surface area contributed by atoms with Gasteiger partial charge in [-0.3, -0.25) is 29.1 Å². The van der Waals surface area contributed by atoms with Crippen molar-refractivity contribution in [3.8, 4) is 22.6 Å². The number of alkyl halides is 3. The van der Waals surface area contributed by atoms with Crippen molar-refractivity contribution in [3.63, 3.8) is 0 Å². The number of rotatable bonds is 5. The standard InChI is InChI=1S/C25H19F3N6O4/c1-13(23(36)33-19-11-38-12-20(19)35)34-22(15-3-2-6-29-8-15)32-18-10-30-17(7-16(18)24(34)37)14-4-5-21(31-9-14)25(26,27)28/h2-10,19-20,35H,1,11-12H2,(H,33,36)/t19-,20-/m1/s1. The number of carbonyl (C=O) groups excluding carboxylic acids is 1. The molecule has 2 N–H and O–H groups in total. The summed E-state index contributed by atoms with van der Waals surface area (Å²) in [4.78, 5) is 43.0. The van der Waals surface area contributed by atoms with Crippen molar-refractivity contribution in [2.24, 2.45) is 0 Å². The number of nitrogens with one attached hydrogen (secondary N) is 1. The van der Waals surface area contributed by atoms with Crippen molar-refractivity contribution >= 4 is 22.5 Å².